The van der Waals surface area contributed by atoms with Gasteiger partial charge in [0.2, 0.25) is 0 Å². The molecule has 0 aromatic carbocycles. The summed E-state index contributed by atoms with van der Waals surface area (Å²) >= 11 is 6.73. The Balaban J connectivity index is 2.46. The molecule has 1 atom stereocenters. The first-order chi connectivity index (χ1) is 7.59. The second-order valence-corrected chi connectivity index (χ2v) is 5.03. The van der Waals surface area contributed by atoms with Crippen LogP contribution in [0.3, 0.4) is 0 Å². The highest BCUT2D eigenvalue weighted by Gasteiger charge is 2.27. The number of carbonyl (C=O) groups excluding carboxylic acids is 1. The summed E-state index contributed by atoms with van der Waals surface area (Å²) in [6.45, 7) is 3.46. The minimum Gasteiger partial charge on any atom is -0.351 e. The summed E-state index contributed by atoms with van der Waals surface area (Å²) < 4.78 is 0. The molecule has 2 rings (SSSR count). The molecule has 0 saturated heterocycles. The first kappa shape index (κ1) is 11.3. The van der Waals surface area contributed by atoms with Gasteiger partial charge in [0.15, 0.2) is 10.9 Å². The molecular formula is C11H12N2OS2. The number of nitrogens with one attached hydrogen (secondary N) is 2. The topological polar surface area (TPSA) is 41.1 Å². The lowest BCUT2D eigenvalue weighted by atomic mass is 9.98. The Labute approximate surface area is 104 Å². The summed E-state index contributed by atoms with van der Waals surface area (Å²) in [5.74, 6) is 0.0680. The summed E-state index contributed by atoms with van der Waals surface area (Å²) in [6.07, 6.45) is 0. The van der Waals surface area contributed by atoms with Crippen LogP contribution in [-0.4, -0.2) is 10.9 Å². The molecule has 16 heavy (non-hydrogen) atoms. The van der Waals surface area contributed by atoms with Crippen LogP contribution in [0.15, 0.2) is 28.8 Å². The van der Waals surface area contributed by atoms with Crippen molar-refractivity contribution in [2.75, 3.05) is 0 Å². The van der Waals surface area contributed by atoms with Gasteiger partial charge in [0.1, 0.15) is 0 Å². The van der Waals surface area contributed by atoms with Crippen LogP contribution < -0.4 is 10.6 Å². The first-order valence-corrected chi connectivity index (χ1v) is 6.21. The molecule has 1 aliphatic rings. The Hall–Kier alpha value is -1.20. The molecule has 0 bridgehead atoms. The largest absolute Gasteiger partial charge is 0.351 e. The van der Waals surface area contributed by atoms with Gasteiger partial charge in [-0.15, -0.1) is 11.3 Å². The third kappa shape index (κ3) is 2.01. The highest BCUT2D eigenvalue weighted by atomic mass is 32.1. The average Bonchev–Trinajstić information content (AvgIpc) is 2.67. The minimum atomic E-state index is -0.105. The molecule has 84 valence electrons. The number of carbonyl (C=O) groups is 1. The molecule has 1 aromatic rings. The SMILES string of the molecule is CC(=O)C1=C(C)NC(=S)NC1c1cccs1. The standard InChI is InChI=1S/C11H12N2OS2/c1-6-9(7(2)14)10(13-11(15)12-6)8-4-3-5-16-8/h3-5,10H,1-2H3,(H2,12,13,15). The van der Waals surface area contributed by atoms with Crippen molar-refractivity contribution in [3.8, 4) is 0 Å². The second-order valence-electron chi connectivity index (χ2n) is 3.64. The van der Waals surface area contributed by atoms with Gasteiger partial charge >= 0.3 is 0 Å². The molecule has 2 N–H and O–H groups in total. The predicted octanol–water partition coefficient (Wildman–Crippen LogP) is 2.13. The maximum Gasteiger partial charge on any atom is 0.171 e. The number of rotatable bonds is 2. The van der Waals surface area contributed by atoms with E-state index in [4.69, 9.17) is 12.2 Å². The number of Topliss-reactive ketones (excluding diaryl/α,β-unsaturated/α-hetero) is 1. The molecule has 0 spiro atoms. The van der Waals surface area contributed by atoms with Gasteiger partial charge in [-0.3, -0.25) is 4.79 Å². The smallest absolute Gasteiger partial charge is 0.171 e. The lowest BCUT2D eigenvalue weighted by molar-refractivity contribution is -0.114. The van der Waals surface area contributed by atoms with E-state index in [0.29, 0.717) is 5.11 Å². The van der Waals surface area contributed by atoms with E-state index in [0.717, 1.165) is 16.1 Å². The third-order valence-electron chi connectivity index (χ3n) is 2.48. The van der Waals surface area contributed by atoms with E-state index in [1.807, 2.05) is 24.4 Å². The van der Waals surface area contributed by atoms with Crippen LogP contribution in [0.2, 0.25) is 0 Å². The van der Waals surface area contributed by atoms with Crippen molar-refractivity contribution < 1.29 is 4.79 Å². The van der Waals surface area contributed by atoms with Crippen LogP contribution in [-0.2, 0) is 4.79 Å². The van der Waals surface area contributed by atoms with Crippen LogP contribution in [0.5, 0.6) is 0 Å². The van der Waals surface area contributed by atoms with Gasteiger partial charge < -0.3 is 10.6 Å². The molecule has 5 heteroatoms. The number of hydrogen-bond donors (Lipinski definition) is 2. The Kier molecular flexibility index (Phi) is 3.07. The van der Waals surface area contributed by atoms with E-state index in [-0.39, 0.29) is 11.8 Å². The van der Waals surface area contributed by atoms with E-state index < -0.39 is 0 Å². The summed E-state index contributed by atoms with van der Waals surface area (Å²) in [4.78, 5) is 12.7. The molecule has 1 aromatic heterocycles. The summed E-state index contributed by atoms with van der Waals surface area (Å²) in [6, 6.07) is 3.87. The van der Waals surface area contributed by atoms with Gasteiger partial charge in [0.25, 0.3) is 0 Å². The lowest BCUT2D eigenvalue weighted by Crippen LogP contribution is -2.44. The molecule has 1 unspecified atom stereocenters. The van der Waals surface area contributed by atoms with E-state index in [1.54, 1.807) is 18.3 Å². The zero-order valence-corrected chi connectivity index (χ0v) is 10.7. The number of thiocarbonyl (C=S) groups is 1. The fraction of sp³-hybridized carbons (Fsp3) is 0.273. The van der Waals surface area contributed by atoms with E-state index in [1.165, 1.54) is 0 Å². The van der Waals surface area contributed by atoms with Crippen molar-refractivity contribution in [2.45, 2.75) is 19.9 Å². The molecular weight excluding hydrogens is 240 g/mol. The second kappa shape index (κ2) is 4.35. The fourth-order valence-corrected chi connectivity index (χ4v) is 2.88. The van der Waals surface area contributed by atoms with Gasteiger partial charge in [-0.05, 0) is 37.5 Å². The predicted molar refractivity (Wildman–Crippen MR) is 69.3 cm³/mol. The molecule has 3 nitrogen and oxygen atoms in total. The minimum absolute atomic E-state index is 0.0680. The van der Waals surface area contributed by atoms with Crippen molar-refractivity contribution in [3.05, 3.63) is 33.7 Å². The number of thiophene rings is 1. The number of hydrogen-bond acceptors (Lipinski definition) is 3. The normalized spacial score (nSPS) is 20.4. The Bertz CT molecular complexity index is 462. The van der Waals surface area contributed by atoms with Crippen LogP contribution in [0.1, 0.15) is 24.8 Å². The lowest BCUT2D eigenvalue weighted by Gasteiger charge is -2.28. The zero-order chi connectivity index (χ0) is 11.7. The Morgan fingerprint density at radius 3 is 2.88 bits per heavy atom. The molecule has 0 aliphatic carbocycles. The van der Waals surface area contributed by atoms with E-state index in [2.05, 4.69) is 10.6 Å². The molecule has 0 radical (unpaired) electrons. The quantitative estimate of drug-likeness (QED) is 0.791. The van der Waals surface area contributed by atoms with E-state index in [9.17, 15) is 4.79 Å². The van der Waals surface area contributed by atoms with Gasteiger partial charge in [0.05, 0.1) is 6.04 Å². The van der Waals surface area contributed by atoms with Crippen LogP contribution in [0.25, 0.3) is 0 Å². The van der Waals surface area contributed by atoms with Crippen molar-refractivity contribution in [1.82, 2.24) is 10.6 Å². The van der Waals surface area contributed by atoms with Gasteiger partial charge in [-0.1, -0.05) is 6.07 Å². The van der Waals surface area contributed by atoms with Crippen LogP contribution in [0, 0.1) is 0 Å². The monoisotopic (exact) mass is 252 g/mol. The Morgan fingerprint density at radius 2 is 2.31 bits per heavy atom. The van der Waals surface area contributed by atoms with Crippen molar-refractivity contribution >= 4 is 34.5 Å². The molecule has 0 saturated carbocycles. The van der Waals surface area contributed by atoms with Crippen molar-refractivity contribution in [3.63, 3.8) is 0 Å². The fourth-order valence-electron chi connectivity index (χ4n) is 1.83. The molecule has 0 fully saturated rings. The van der Waals surface area contributed by atoms with Crippen molar-refractivity contribution in [1.29, 1.82) is 0 Å². The van der Waals surface area contributed by atoms with Crippen LogP contribution >= 0.6 is 23.6 Å². The summed E-state index contributed by atoms with van der Waals surface area (Å²) in [5, 5.41) is 8.68. The number of ketones is 1. The maximum atomic E-state index is 11.6. The molecule has 0 amide bonds. The summed E-state index contributed by atoms with van der Waals surface area (Å²) in [5.41, 5.74) is 1.60. The third-order valence-corrected chi connectivity index (χ3v) is 3.63. The summed E-state index contributed by atoms with van der Waals surface area (Å²) in [7, 11) is 0. The maximum absolute atomic E-state index is 11.6. The zero-order valence-electron chi connectivity index (χ0n) is 9.03. The van der Waals surface area contributed by atoms with Crippen LogP contribution in [0.4, 0.5) is 0 Å². The average molecular weight is 252 g/mol. The van der Waals surface area contributed by atoms with E-state index >= 15 is 0 Å². The highest BCUT2D eigenvalue weighted by Crippen LogP contribution is 2.29. The molecule has 1 aliphatic heterocycles. The molecule has 2 heterocycles. The van der Waals surface area contributed by atoms with Gasteiger partial charge in [0, 0.05) is 16.1 Å². The van der Waals surface area contributed by atoms with Gasteiger partial charge in [-0.2, -0.15) is 0 Å². The number of allylic oxidation sites excluding steroid dienone is 1. The first-order valence-electron chi connectivity index (χ1n) is 4.92. The highest BCUT2D eigenvalue weighted by molar-refractivity contribution is 7.80. The van der Waals surface area contributed by atoms with Gasteiger partial charge in [-0.25, -0.2) is 0 Å². The Morgan fingerprint density at radius 1 is 1.56 bits per heavy atom. The van der Waals surface area contributed by atoms with Crippen molar-refractivity contribution in [2.24, 2.45) is 0 Å².